The van der Waals surface area contributed by atoms with Crippen molar-refractivity contribution in [2.45, 2.75) is 90.0 Å². The predicted molar refractivity (Wildman–Crippen MR) is 167 cm³/mol. The Labute approximate surface area is 256 Å². The number of aliphatic hydroxyl groups excluding tert-OH is 4. The van der Waals surface area contributed by atoms with Crippen molar-refractivity contribution in [3.8, 4) is 0 Å². The van der Waals surface area contributed by atoms with E-state index in [9.17, 15) is 20.4 Å². The van der Waals surface area contributed by atoms with Gasteiger partial charge in [0.2, 0.25) is 6.29 Å². The Morgan fingerprint density at radius 2 is 1.88 bits per heavy atom. The second-order valence-electron chi connectivity index (χ2n) is 13.1. The molecular weight excluding hydrogens is 548 g/mol. The Morgan fingerprint density at radius 1 is 1.14 bits per heavy atom. The standard InChI is InChI=1S/C33H52N4O6/c1-21(2)27(34)25(31(35)43-32-30(41)29(40)28(39)26(19-38)42-32)18-24-9-8-23(17-22(24)3)7-4-5-15-37-16-6-10-33(20-37)11-13-36-14-12-33/h4,7-9,17,21,25-26,28-30,32,34-36,38-41H,5-6,10-16,18-20H2,1-3H3. The van der Waals surface area contributed by atoms with Gasteiger partial charge in [-0.15, -0.1) is 0 Å². The molecule has 0 bridgehead atoms. The van der Waals surface area contributed by atoms with Crippen molar-refractivity contribution in [3.05, 3.63) is 41.0 Å². The van der Waals surface area contributed by atoms with Crippen LogP contribution in [-0.4, -0.2) is 107 Å². The van der Waals surface area contributed by atoms with Crippen LogP contribution in [0.4, 0.5) is 0 Å². The van der Waals surface area contributed by atoms with E-state index in [4.69, 9.17) is 20.3 Å². The predicted octanol–water partition coefficient (Wildman–Crippen LogP) is 2.49. The number of likely N-dealkylation sites (tertiary alicyclic amines) is 1. The van der Waals surface area contributed by atoms with E-state index in [1.165, 1.54) is 38.8 Å². The second kappa shape index (κ2) is 15.2. The van der Waals surface area contributed by atoms with Crippen LogP contribution in [0.2, 0.25) is 0 Å². The molecule has 240 valence electrons. The van der Waals surface area contributed by atoms with E-state index in [0.29, 0.717) is 17.5 Å². The summed E-state index contributed by atoms with van der Waals surface area (Å²) in [5, 5.41) is 60.9. The van der Waals surface area contributed by atoms with Crippen LogP contribution in [-0.2, 0) is 15.9 Å². The Bertz CT molecular complexity index is 1110. The Hall–Kier alpha value is -2.18. The van der Waals surface area contributed by atoms with Crippen molar-refractivity contribution < 1.29 is 29.9 Å². The molecule has 0 amide bonds. The van der Waals surface area contributed by atoms with E-state index in [0.717, 1.165) is 42.7 Å². The maximum Gasteiger partial charge on any atom is 0.230 e. The summed E-state index contributed by atoms with van der Waals surface area (Å²) in [5.74, 6) is -1.12. The normalized spacial score (nSPS) is 28.8. The van der Waals surface area contributed by atoms with E-state index in [1.54, 1.807) is 0 Å². The third-order valence-corrected chi connectivity index (χ3v) is 9.52. The van der Waals surface area contributed by atoms with E-state index < -0.39 is 43.2 Å². The van der Waals surface area contributed by atoms with Gasteiger partial charge in [0, 0.05) is 18.8 Å². The van der Waals surface area contributed by atoms with Crippen LogP contribution in [0.1, 0.15) is 62.6 Å². The molecule has 7 N–H and O–H groups in total. The molecule has 10 heteroatoms. The summed E-state index contributed by atoms with van der Waals surface area (Å²) in [5.41, 5.74) is 3.96. The van der Waals surface area contributed by atoms with Gasteiger partial charge in [0.05, 0.1) is 12.5 Å². The summed E-state index contributed by atoms with van der Waals surface area (Å²) >= 11 is 0. The molecule has 0 saturated carbocycles. The summed E-state index contributed by atoms with van der Waals surface area (Å²) in [4.78, 5) is 2.64. The van der Waals surface area contributed by atoms with E-state index in [2.05, 4.69) is 34.5 Å². The van der Waals surface area contributed by atoms with Crippen molar-refractivity contribution in [3.63, 3.8) is 0 Å². The highest BCUT2D eigenvalue weighted by atomic mass is 16.7. The van der Waals surface area contributed by atoms with Gasteiger partial charge in [-0.3, -0.25) is 5.41 Å². The number of nitrogens with one attached hydrogen (secondary N) is 3. The minimum absolute atomic E-state index is 0.143. The maximum absolute atomic E-state index is 10.4. The zero-order valence-corrected chi connectivity index (χ0v) is 26.0. The van der Waals surface area contributed by atoms with E-state index in [-0.39, 0.29) is 11.8 Å². The van der Waals surface area contributed by atoms with Gasteiger partial charge in [-0.05, 0) is 93.1 Å². The molecule has 43 heavy (non-hydrogen) atoms. The lowest BCUT2D eigenvalue weighted by Gasteiger charge is -2.45. The molecule has 3 saturated heterocycles. The molecule has 6 unspecified atom stereocenters. The smallest absolute Gasteiger partial charge is 0.230 e. The molecule has 4 rings (SSSR count). The van der Waals surface area contributed by atoms with Gasteiger partial charge in [0.25, 0.3) is 0 Å². The van der Waals surface area contributed by atoms with Crippen LogP contribution in [0.3, 0.4) is 0 Å². The Balaban J connectivity index is 1.35. The van der Waals surface area contributed by atoms with Crippen molar-refractivity contribution in [1.29, 1.82) is 10.8 Å². The molecule has 3 aliphatic heterocycles. The van der Waals surface area contributed by atoms with Crippen LogP contribution in [0, 0.1) is 35.0 Å². The Kier molecular flexibility index (Phi) is 11.9. The van der Waals surface area contributed by atoms with Crippen molar-refractivity contribution in [2.24, 2.45) is 17.3 Å². The fourth-order valence-corrected chi connectivity index (χ4v) is 6.73. The van der Waals surface area contributed by atoms with Crippen LogP contribution in [0.5, 0.6) is 0 Å². The molecule has 0 aliphatic carbocycles. The number of ether oxygens (including phenoxy) is 2. The number of hydrogen-bond donors (Lipinski definition) is 7. The van der Waals surface area contributed by atoms with Crippen molar-refractivity contribution in [2.75, 3.05) is 39.3 Å². The van der Waals surface area contributed by atoms with Crippen LogP contribution in [0.15, 0.2) is 24.3 Å². The molecule has 1 aromatic rings. The zero-order valence-electron chi connectivity index (χ0n) is 26.0. The van der Waals surface area contributed by atoms with Gasteiger partial charge >= 0.3 is 0 Å². The van der Waals surface area contributed by atoms with Crippen LogP contribution in [0.25, 0.3) is 6.08 Å². The molecule has 1 aromatic carbocycles. The SMILES string of the molecule is Cc1cc(C=CCCN2CCCC3(CCNCC3)C2)ccc1CC(C(=N)OC1OC(CO)C(O)C(O)C1O)C(=N)C(C)C. The molecule has 0 radical (unpaired) electrons. The Morgan fingerprint density at radius 3 is 2.56 bits per heavy atom. The largest absolute Gasteiger partial charge is 0.449 e. The van der Waals surface area contributed by atoms with E-state index in [1.807, 2.05) is 26.8 Å². The first-order valence-corrected chi connectivity index (χ1v) is 15.9. The highest BCUT2D eigenvalue weighted by Gasteiger charge is 2.45. The molecule has 3 fully saturated rings. The van der Waals surface area contributed by atoms with Gasteiger partial charge < -0.3 is 45.5 Å². The number of aryl methyl sites for hydroxylation is 1. The monoisotopic (exact) mass is 600 g/mol. The lowest BCUT2D eigenvalue weighted by Crippen LogP contribution is -2.59. The molecule has 1 spiro atoms. The quantitative estimate of drug-likeness (QED) is 0.151. The highest BCUT2D eigenvalue weighted by Crippen LogP contribution is 2.38. The minimum atomic E-state index is -1.61. The number of nitrogens with zero attached hydrogens (tertiary/aromatic N) is 1. The number of rotatable bonds is 11. The third kappa shape index (κ3) is 8.51. The summed E-state index contributed by atoms with van der Waals surface area (Å²) < 4.78 is 11.1. The lowest BCUT2D eigenvalue weighted by molar-refractivity contribution is -0.282. The minimum Gasteiger partial charge on any atom is -0.449 e. The van der Waals surface area contributed by atoms with E-state index >= 15 is 0 Å². The van der Waals surface area contributed by atoms with Gasteiger partial charge in [0.1, 0.15) is 24.4 Å². The van der Waals surface area contributed by atoms with Crippen molar-refractivity contribution >= 4 is 17.7 Å². The number of piperidine rings is 2. The summed E-state index contributed by atoms with van der Waals surface area (Å²) in [6, 6.07) is 6.21. The molecule has 3 aliphatic rings. The zero-order chi connectivity index (χ0) is 31.1. The van der Waals surface area contributed by atoms with Crippen molar-refractivity contribution in [1.82, 2.24) is 10.2 Å². The fourth-order valence-electron chi connectivity index (χ4n) is 6.73. The summed E-state index contributed by atoms with van der Waals surface area (Å²) in [6.45, 7) is 11.0. The van der Waals surface area contributed by atoms with Crippen LogP contribution >= 0.6 is 0 Å². The molecule has 0 aromatic heterocycles. The number of benzene rings is 1. The first kappa shape index (κ1) is 33.7. The average molecular weight is 601 g/mol. The third-order valence-electron chi connectivity index (χ3n) is 9.52. The second-order valence-corrected chi connectivity index (χ2v) is 13.1. The summed E-state index contributed by atoms with van der Waals surface area (Å²) in [7, 11) is 0. The van der Waals surface area contributed by atoms with Gasteiger partial charge in [0.15, 0.2) is 5.90 Å². The molecule has 3 heterocycles. The number of hydrogen-bond acceptors (Lipinski definition) is 10. The van der Waals surface area contributed by atoms with Gasteiger partial charge in [-0.2, -0.15) is 0 Å². The first-order valence-electron chi connectivity index (χ1n) is 15.9. The maximum atomic E-state index is 10.4. The first-order chi connectivity index (χ1) is 20.5. The number of aliphatic hydroxyl groups is 4. The van der Waals surface area contributed by atoms with Gasteiger partial charge in [-0.25, -0.2) is 0 Å². The molecule has 10 nitrogen and oxygen atoms in total. The van der Waals surface area contributed by atoms with Crippen LogP contribution < -0.4 is 5.32 Å². The topological polar surface area (TPSA) is 162 Å². The average Bonchev–Trinajstić information content (AvgIpc) is 2.99. The fraction of sp³-hybridized carbons (Fsp3) is 0.697. The molecule has 6 atom stereocenters. The highest BCUT2D eigenvalue weighted by molar-refractivity contribution is 6.02. The lowest BCUT2D eigenvalue weighted by atomic mass is 9.73. The molecular formula is C33H52N4O6. The van der Waals surface area contributed by atoms with Gasteiger partial charge in [-0.1, -0.05) is 44.2 Å². The summed E-state index contributed by atoms with van der Waals surface area (Å²) in [6.07, 6.45) is 3.73.